The van der Waals surface area contributed by atoms with Crippen LogP contribution >= 0.6 is 11.3 Å². The van der Waals surface area contributed by atoms with E-state index >= 15 is 0 Å². The quantitative estimate of drug-likeness (QED) is 0.217. The SMILES string of the molecule is CC1(C)c2ccccc2-c2ccc(-c3nc(-n4c5ccccc5c5ccc6sccc6c54)nc4ccccc34)cc21. The molecule has 1 aliphatic carbocycles. The smallest absolute Gasteiger partial charge is 0.235 e. The monoisotopic (exact) mass is 543 g/mol. The van der Waals surface area contributed by atoms with Gasteiger partial charge in [0.25, 0.3) is 0 Å². The maximum absolute atomic E-state index is 5.38. The topological polar surface area (TPSA) is 30.7 Å². The van der Waals surface area contributed by atoms with E-state index in [1.807, 2.05) is 0 Å². The minimum atomic E-state index is -0.0784. The van der Waals surface area contributed by atoms with Gasteiger partial charge < -0.3 is 0 Å². The van der Waals surface area contributed by atoms with Crippen LogP contribution in [0.2, 0.25) is 0 Å². The van der Waals surface area contributed by atoms with Gasteiger partial charge in [0.05, 0.1) is 22.2 Å². The first-order chi connectivity index (χ1) is 20.1. The largest absolute Gasteiger partial charge is 0.277 e. The Labute approximate surface area is 241 Å². The number of hydrogen-bond donors (Lipinski definition) is 0. The molecule has 3 aromatic heterocycles. The van der Waals surface area contributed by atoms with Crippen LogP contribution in [0, 0.1) is 0 Å². The van der Waals surface area contributed by atoms with Crippen LogP contribution < -0.4 is 0 Å². The third-order valence-corrected chi connectivity index (χ3v) is 9.80. The van der Waals surface area contributed by atoms with Crippen LogP contribution in [0.5, 0.6) is 0 Å². The molecule has 194 valence electrons. The molecule has 0 saturated heterocycles. The first kappa shape index (κ1) is 23.0. The molecule has 3 nitrogen and oxygen atoms in total. The van der Waals surface area contributed by atoms with Crippen LogP contribution in [0.25, 0.3) is 71.1 Å². The zero-order chi connectivity index (χ0) is 27.3. The summed E-state index contributed by atoms with van der Waals surface area (Å²) in [5.74, 6) is 0.701. The second-order valence-electron chi connectivity index (χ2n) is 11.5. The lowest BCUT2D eigenvalue weighted by Gasteiger charge is -2.22. The number of hydrogen-bond acceptors (Lipinski definition) is 3. The molecular formula is C37H25N3S. The zero-order valence-corrected chi connectivity index (χ0v) is 23.5. The maximum atomic E-state index is 5.38. The van der Waals surface area contributed by atoms with E-state index in [4.69, 9.17) is 9.97 Å². The van der Waals surface area contributed by atoms with Crippen LogP contribution in [0.3, 0.4) is 0 Å². The number of fused-ring (bicyclic) bond motifs is 9. The van der Waals surface area contributed by atoms with E-state index in [2.05, 4.69) is 133 Å². The average molecular weight is 544 g/mol. The Balaban J connectivity index is 1.36. The molecule has 0 amide bonds. The van der Waals surface area contributed by atoms with Gasteiger partial charge in [-0.25, -0.2) is 9.97 Å². The van der Waals surface area contributed by atoms with Gasteiger partial charge in [-0.2, -0.15) is 0 Å². The first-order valence-corrected chi connectivity index (χ1v) is 14.9. The molecule has 0 saturated carbocycles. The van der Waals surface area contributed by atoms with Gasteiger partial charge in [0.15, 0.2) is 0 Å². The van der Waals surface area contributed by atoms with E-state index in [1.165, 1.54) is 43.1 Å². The fourth-order valence-electron chi connectivity index (χ4n) is 6.95. The van der Waals surface area contributed by atoms with Crippen molar-refractivity contribution in [2.75, 3.05) is 0 Å². The highest BCUT2D eigenvalue weighted by molar-refractivity contribution is 7.17. The molecule has 0 unspecified atom stereocenters. The van der Waals surface area contributed by atoms with Gasteiger partial charge in [-0.15, -0.1) is 11.3 Å². The summed E-state index contributed by atoms with van der Waals surface area (Å²) in [5, 5.41) is 6.90. The Morgan fingerprint density at radius 3 is 2.34 bits per heavy atom. The third kappa shape index (κ3) is 3.08. The summed E-state index contributed by atoms with van der Waals surface area (Å²) in [6, 6.07) is 39.4. The second-order valence-corrected chi connectivity index (χ2v) is 12.4. The van der Waals surface area contributed by atoms with Crippen molar-refractivity contribution in [2.45, 2.75) is 19.3 Å². The molecule has 5 aromatic carbocycles. The van der Waals surface area contributed by atoms with Crippen molar-refractivity contribution in [2.24, 2.45) is 0 Å². The Morgan fingerprint density at radius 1 is 0.634 bits per heavy atom. The van der Waals surface area contributed by atoms with E-state index in [0.29, 0.717) is 5.95 Å². The van der Waals surface area contributed by atoms with Crippen LogP contribution in [0.15, 0.2) is 115 Å². The molecule has 0 fully saturated rings. The normalized spacial score (nSPS) is 13.8. The molecule has 0 atom stereocenters. The maximum Gasteiger partial charge on any atom is 0.235 e. The Bertz CT molecular complexity index is 2350. The lowest BCUT2D eigenvalue weighted by Crippen LogP contribution is -2.15. The van der Waals surface area contributed by atoms with Crippen LogP contribution in [-0.2, 0) is 5.41 Å². The van der Waals surface area contributed by atoms with Crippen molar-refractivity contribution < 1.29 is 0 Å². The molecule has 0 N–H and O–H groups in total. The standard InChI is InChI=1S/C37H25N3S/c1-37(2)29-12-6-3-9-23(29)24-16-15-22(21-30(24)37)34-27-11-4-7-13-31(27)38-36(39-34)40-32-14-8-5-10-25(32)26-17-18-33-28(35(26)40)19-20-41-33/h3-21H,1-2H3. The summed E-state index contributed by atoms with van der Waals surface area (Å²) in [4.78, 5) is 10.6. The van der Waals surface area contributed by atoms with E-state index in [-0.39, 0.29) is 5.41 Å². The molecular weight excluding hydrogens is 518 g/mol. The molecule has 4 heteroatoms. The van der Waals surface area contributed by atoms with Gasteiger partial charge in [-0.1, -0.05) is 92.7 Å². The van der Waals surface area contributed by atoms with Crippen molar-refractivity contribution in [1.29, 1.82) is 0 Å². The minimum absolute atomic E-state index is 0.0784. The molecule has 8 aromatic rings. The summed E-state index contributed by atoms with van der Waals surface area (Å²) in [6.45, 7) is 4.66. The molecule has 0 aliphatic heterocycles. The van der Waals surface area contributed by atoms with Crippen LogP contribution in [0.4, 0.5) is 0 Å². The van der Waals surface area contributed by atoms with Crippen molar-refractivity contribution in [1.82, 2.24) is 14.5 Å². The molecule has 0 bridgehead atoms. The number of benzene rings is 5. The highest BCUT2D eigenvalue weighted by atomic mass is 32.1. The molecule has 3 heterocycles. The van der Waals surface area contributed by atoms with Crippen LogP contribution in [0.1, 0.15) is 25.0 Å². The van der Waals surface area contributed by atoms with E-state index < -0.39 is 0 Å². The Morgan fingerprint density at radius 2 is 1.41 bits per heavy atom. The predicted octanol–water partition coefficient (Wildman–Crippen LogP) is 9.91. The van der Waals surface area contributed by atoms with Gasteiger partial charge >= 0.3 is 0 Å². The molecule has 41 heavy (non-hydrogen) atoms. The Hall–Kier alpha value is -4.80. The number of thiophene rings is 1. The lowest BCUT2D eigenvalue weighted by molar-refractivity contribution is 0.660. The predicted molar refractivity (Wildman–Crippen MR) is 172 cm³/mol. The summed E-state index contributed by atoms with van der Waals surface area (Å²) in [7, 11) is 0. The fourth-order valence-corrected chi connectivity index (χ4v) is 7.74. The lowest BCUT2D eigenvalue weighted by atomic mass is 9.82. The highest BCUT2D eigenvalue weighted by Gasteiger charge is 2.35. The summed E-state index contributed by atoms with van der Waals surface area (Å²) in [6.07, 6.45) is 0. The van der Waals surface area contributed by atoms with Gasteiger partial charge in [0.2, 0.25) is 5.95 Å². The van der Waals surface area contributed by atoms with Crippen molar-refractivity contribution in [3.63, 3.8) is 0 Å². The van der Waals surface area contributed by atoms with Gasteiger partial charge in [0, 0.05) is 37.2 Å². The van der Waals surface area contributed by atoms with E-state index in [9.17, 15) is 0 Å². The average Bonchev–Trinajstić information content (AvgIpc) is 3.68. The molecule has 1 aliphatic rings. The second kappa shape index (κ2) is 8.12. The fraction of sp³-hybridized carbons (Fsp3) is 0.0811. The first-order valence-electron chi connectivity index (χ1n) is 14.0. The van der Waals surface area contributed by atoms with E-state index in [0.717, 1.165) is 33.2 Å². The third-order valence-electron chi connectivity index (χ3n) is 8.91. The molecule has 9 rings (SSSR count). The number of aromatic nitrogens is 3. The molecule has 0 radical (unpaired) electrons. The van der Waals surface area contributed by atoms with Crippen molar-refractivity contribution >= 4 is 54.1 Å². The van der Waals surface area contributed by atoms with Gasteiger partial charge in [-0.3, -0.25) is 4.57 Å². The van der Waals surface area contributed by atoms with Crippen molar-refractivity contribution in [3.8, 4) is 28.3 Å². The summed E-state index contributed by atoms with van der Waals surface area (Å²) < 4.78 is 3.53. The number of nitrogens with zero attached hydrogens (tertiary/aromatic N) is 3. The Kier molecular flexibility index (Phi) is 4.55. The van der Waals surface area contributed by atoms with E-state index in [1.54, 1.807) is 11.3 Å². The number of para-hydroxylation sites is 2. The molecule has 0 spiro atoms. The highest BCUT2D eigenvalue weighted by Crippen LogP contribution is 2.49. The minimum Gasteiger partial charge on any atom is -0.277 e. The number of rotatable bonds is 2. The van der Waals surface area contributed by atoms with Gasteiger partial charge in [0.1, 0.15) is 0 Å². The van der Waals surface area contributed by atoms with Crippen LogP contribution in [-0.4, -0.2) is 14.5 Å². The summed E-state index contributed by atoms with van der Waals surface area (Å²) in [5.41, 5.74) is 10.6. The summed E-state index contributed by atoms with van der Waals surface area (Å²) >= 11 is 1.77. The zero-order valence-electron chi connectivity index (χ0n) is 22.7. The van der Waals surface area contributed by atoms with Gasteiger partial charge in [-0.05, 0) is 58.0 Å². The van der Waals surface area contributed by atoms with Crippen molar-refractivity contribution in [3.05, 3.63) is 126 Å².